The molecule has 0 heterocycles. The molecule has 0 aromatic rings. The maximum absolute atomic E-state index is 11.0. The normalized spacial score (nSPS) is 14.0. The summed E-state index contributed by atoms with van der Waals surface area (Å²) in [4.78, 5) is 21.9. The van der Waals surface area contributed by atoms with Crippen LogP contribution in [-0.2, 0) is 19.1 Å². The Morgan fingerprint density at radius 2 is 1.50 bits per heavy atom. The number of hydrogen-bond donors (Lipinski definition) is 0. The van der Waals surface area contributed by atoms with Crippen molar-refractivity contribution in [2.75, 3.05) is 0 Å². The molecule has 0 saturated carbocycles. The Kier molecular flexibility index (Phi) is 7.60. The second-order valence-corrected chi connectivity index (χ2v) is 3.85. The summed E-state index contributed by atoms with van der Waals surface area (Å²) in [5.74, 6) is -0.660. The van der Waals surface area contributed by atoms with E-state index in [1.165, 1.54) is 13.8 Å². The lowest BCUT2D eigenvalue weighted by atomic mass is 10.0. The van der Waals surface area contributed by atoms with E-state index in [1.54, 1.807) is 0 Å². The van der Waals surface area contributed by atoms with Crippen LogP contribution in [0.3, 0.4) is 0 Å². The minimum absolute atomic E-state index is 0.314. The Hall–Kier alpha value is -1.06. The standard InChI is InChI=1S/C12H22O4/c1-5-7-8-12(16-10(4)14)11(6-2)15-9(3)13/h11-12H,5-8H2,1-4H3/t11-,12-/m1/s1. The zero-order valence-electron chi connectivity index (χ0n) is 10.6. The van der Waals surface area contributed by atoms with Gasteiger partial charge < -0.3 is 9.47 Å². The van der Waals surface area contributed by atoms with Crippen LogP contribution in [0.2, 0.25) is 0 Å². The number of carbonyl (C=O) groups excluding carboxylic acids is 2. The second-order valence-electron chi connectivity index (χ2n) is 3.85. The van der Waals surface area contributed by atoms with E-state index < -0.39 is 0 Å². The highest BCUT2D eigenvalue weighted by molar-refractivity contribution is 5.67. The predicted octanol–water partition coefficient (Wildman–Crippen LogP) is 2.45. The molecule has 4 heteroatoms. The molecule has 0 radical (unpaired) electrons. The summed E-state index contributed by atoms with van der Waals surface area (Å²) < 4.78 is 10.3. The van der Waals surface area contributed by atoms with Crippen LogP contribution >= 0.6 is 0 Å². The number of esters is 2. The third-order valence-electron chi connectivity index (χ3n) is 2.29. The molecule has 0 amide bonds. The van der Waals surface area contributed by atoms with E-state index >= 15 is 0 Å². The predicted molar refractivity (Wildman–Crippen MR) is 60.9 cm³/mol. The van der Waals surface area contributed by atoms with Gasteiger partial charge in [-0.25, -0.2) is 0 Å². The fourth-order valence-electron chi connectivity index (χ4n) is 1.57. The van der Waals surface area contributed by atoms with Crippen molar-refractivity contribution in [1.82, 2.24) is 0 Å². The summed E-state index contributed by atoms with van der Waals surface area (Å²) in [6, 6.07) is 0. The quantitative estimate of drug-likeness (QED) is 0.630. The maximum atomic E-state index is 11.0. The number of rotatable bonds is 7. The topological polar surface area (TPSA) is 52.6 Å². The van der Waals surface area contributed by atoms with Gasteiger partial charge in [0, 0.05) is 13.8 Å². The van der Waals surface area contributed by atoms with Gasteiger partial charge in [0.2, 0.25) is 0 Å². The van der Waals surface area contributed by atoms with Gasteiger partial charge >= 0.3 is 11.9 Å². The molecule has 0 aliphatic heterocycles. The molecule has 0 spiro atoms. The summed E-state index contributed by atoms with van der Waals surface area (Å²) in [6.45, 7) is 6.72. The highest BCUT2D eigenvalue weighted by atomic mass is 16.6. The fraction of sp³-hybridized carbons (Fsp3) is 0.833. The summed E-state index contributed by atoms with van der Waals surface area (Å²) in [7, 11) is 0. The average Bonchev–Trinajstić information content (AvgIpc) is 2.20. The van der Waals surface area contributed by atoms with Crippen LogP contribution in [-0.4, -0.2) is 24.1 Å². The molecule has 4 nitrogen and oxygen atoms in total. The van der Waals surface area contributed by atoms with E-state index in [-0.39, 0.29) is 24.1 Å². The van der Waals surface area contributed by atoms with E-state index in [9.17, 15) is 9.59 Å². The first-order chi connectivity index (χ1) is 7.51. The zero-order chi connectivity index (χ0) is 12.6. The van der Waals surface area contributed by atoms with E-state index in [0.717, 1.165) is 19.3 Å². The van der Waals surface area contributed by atoms with Gasteiger partial charge in [-0.3, -0.25) is 9.59 Å². The molecule has 94 valence electrons. The highest BCUT2D eigenvalue weighted by Crippen LogP contribution is 2.15. The lowest BCUT2D eigenvalue weighted by Crippen LogP contribution is -2.34. The minimum atomic E-state index is -0.333. The van der Waals surface area contributed by atoms with Crippen LogP contribution in [0.25, 0.3) is 0 Å². The lowest BCUT2D eigenvalue weighted by Gasteiger charge is -2.25. The monoisotopic (exact) mass is 230 g/mol. The van der Waals surface area contributed by atoms with Crippen LogP contribution in [0.5, 0.6) is 0 Å². The molecule has 0 bridgehead atoms. The van der Waals surface area contributed by atoms with E-state index in [2.05, 4.69) is 6.92 Å². The van der Waals surface area contributed by atoms with Gasteiger partial charge in [-0.05, 0) is 19.3 Å². The average molecular weight is 230 g/mol. The minimum Gasteiger partial charge on any atom is -0.459 e. The van der Waals surface area contributed by atoms with Crippen LogP contribution in [0, 0.1) is 0 Å². The first-order valence-electron chi connectivity index (χ1n) is 5.85. The Labute approximate surface area is 97.3 Å². The van der Waals surface area contributed by atoms with Crippen molar-refractivity contribution in [2.45, 2.75) is 65.6 Å². The SMILES string of the molecule is CCCC[C@@H](OC(C)=O)[C@@H](CC)OC(C)=O. The Balaban J connectivity index is 4.41. The Bertz CT molecular complexity index is 225. The molecule has 0 saturated heterocycles. The molecule has 16 heavy (non-hydrogen) atoms. The van der Waals surface area contributed by atoms with Gasteiger partial charge in [0.05, 0.1) is 0 Å². The molecule has 0 fully saturated rings. The summed E-state index contributed by atoms with van der Waals surface area (Å²) in [6.07, 6.45) is 2.73. The molecular formula is C12H22O4. The van der Waals surface area contributed by atoms with Crippen molar-refractivity contribution < 1.29 is 19.1 Å². The molecule has 0 aliphatic carbocycles. The Morgan fingerprint density at radius 3 is 1.88 bits per heavy atom. The summed E-state index contributed by atoms with van der Waals surface area (Å²) in [5.41, 5.74) is 0. The van der Waals surface area contributed by atoms with E-state index in [1.807, 2.05) is 6.92 Å². The first-order valence-corrected chi connectivity index (χ1v) is 5.85. The van der Waals surface area contributed by atoms with Gasteiger partial charge in [0.15, 0.2) is 0 Å². The third kappa shape index (κ3) is 6.43. The first kappa shape index (κ1) is 14.9. The molecular weight excluding hydrogens is 208 g/mol. The zero-order valence-corrected chi connectivity index (χ0v) is 10.6. The van der Waals surface area contributed by atoms with Crippen molar-refractivity contribution in [2.24, 2.45) is 0 Å². The van der Waals surface area contributed by atoms with Gasteiger partial charge in [-0.2, -0.15) is 0 Å². The van der Waals surface area contributed by atoms with Crippen LogP contribution in [0.1, 0.15) is 53.4 Å². The van der Waals surface area contributed by atoms with E-state index in [0.29, 0.717) is 6.42 Å². The van der Waals surface area contributed by atoms with Gasteiger partial charge in [-0.1, -0.05) is 20.3 Å². The number of hydrogen-bond acceptors (Lipinski definition) is 4. The van der Waals surface area contributed by atoms with Crippen LogP contribution in [0.15, 0.2) is 0 Å². The van der Waals surface area contributed by atoms with Gasteiger partial charge in [0.1, 0.15) is 12.2 Å². The molecule has 2 atom stereocenters. The smallest absolute Gasteiger partial charge is 0.303 e. The van der Waals surface area contributed by atoms with Crippen LogP contribution < -0.4 is 0 Å². The highest BCUT2D eigenvalue weighted by Gasteiger charge is 2.24. The molecule has 0 aromatic carbocycles. The molecule has 0 aromatic heterocycles. The fourth-order valence-corrected chi connectivity index (χ4v) is 1.57. The molecule has 0 N–H and O–H groups in total. The number of unbranched alkanes of at least 4 members (excludes halogenated alkanes) is 1. The van der Waals surface area contributed by atoms with Crippen molar-refractivity contribution in [1.29, 1.82) is 0 Å². The maximum Gasteiger partial charge on any atom is 0.303 e. The molecule has 0 unspecified atom stereocenters. The summed E-state index contributed by atoms with van der Waals surface area (Å²) >= 11 is 0. The molecule has 0 aliphatic rings. The molecule has 0 rings (SSSR count). The van der Waals surface area contributed by atoms with Crippen LogP contribution in [0.4, 0.5) is 0 Å². The number of carbonyl (C=O) groups is 2. The van der Waals surface area contributed by atoms with Gasteiger partial charge in [0.25, 0.3) is 0 Å². The second kappa shape index (κ2) is 8.13. The largest absolute Gasteiger partial charge is 0.459 e. The summed E-state index contributed by atoms with van der Waals surface area (Å²) in [5, 5.41) is 0. The van der Waals surface area contributed by atoms with Crippen molar-refractivity contribution in [3.05, 3.63) is 0 Å². The van der Waals surface area contributed by atoms with Crippen molar-refractivity contribution in [3.63, 3.8) is 0 Å². The van der Waals surface area contributed by atoms with Crippen molar-refractivity contribution in [3.8, 4) is 0 Å². The van der Waals surface area contributed by atoms with Gasteiger partial charge in [-0.15, -0.1) is 0 Å². The number of ether oxygens (including phenoxy) is 2. The van der Waals surface area contributed by atoms with Crippen molar-refractivity contribution >= 4 is 11.9 Å². The Morgan fingerprint density at radius 1 is 1.00 bits per heavy atom. The third-order valence-corrected chi connectivity index (χ3v) is 2.29. The lowest BCUT2D eigenvalue weighted by molar-refractivity contribution is -0.166. The van der Waals surface area contributed by atoms with E-state index in [4.69, 9.17) is 9.47 Å².